The van der Waals surface area contributed by atoms with E-state index in [1.54, 1.807) is 0 Å². The van der Waals surface area contributed by atoms with Crippen LogP contribution in [0.25, 0.3) is 0 Å². The van der Waals surface area contributed by atoms with Crippen molar-refractivity contribution in [3.05, 3.63) is 28.3 Å². The average Bonchev–Trinajstić information content (AvgIpc) is 2.21. The Labute approximate surface area is 82.1 Å². The third-order valence-electron chi connectivity index (χ3n) is 1.37. The predicted molar refractivity (Wildman–Crippen MR) is 52.7 cm³/mol. The molecule has 0 aliphatic heterocycles. The SMILES string of the molecule is CC.COc1cc([N+](=O)[O-])ccc1O. The van der Waals surface area contributed by atoms with Crippen molar-refractivity contribution in [1.82, 2.24) is 0 Å². The van der Waals surface area contributed by atoms with Gasteiger partial charge in [0.15, 0.2) is 11.5 Å². The number of hydrogen-bond acceptors (Lipinski definition) is 4. The molecule has 0 saturated carbocycles. The van der Waals surface area contributed by atoms with Crippen LogP contribution in [0.2, 0.25) is 0 Å². The molecule has 0 aliphatic rings. The molecule has 78 valence electrons. The Morgan fingerprint density at radius 3 is 2.43 bits per heavy atom. The number of hydrogen-bond donors (Lipinski definition) is 1. The van der Waals surface area contributed by atoms with Crippen LogP contribution in [0.3, 0.4) is 0 Å². The molecule has 5 nitrogen and oxygen atoms in total. The van der Waals surface area contributed by atoms with E-state index in [9.17, 15) is 10.1 Å². The van der Waals surface area contributed by atoms with Crippen LogP contribution < -0.4 is 4.74 Å². The summed E-state index contributed by atoms with van der Waals surface area (Å²) in [4.78, 5) is 9.70. The van der Waals surface area contributed by atoms with Gasteiger partial charge in [-0.3, -0.25) is 10.1 Å². The van der Waals surface area contributed by atoms with Crippen LogP contribution in [0.15, 0.2) is 18.2 Å². The van der Waals surface area contributed by atoms with E-state index in [1.165, 1.54) is 19.2 Å². The molecule has 1 N–H and O–H groups in total. The molecule has 0 saturated heterocycles. The molecule has 0 spiro atoms. The minimum absolute atomic E-state index is 0.101. The van der Waals surface area contributed by atoms with Crippen molar-refractivity contribution in [3.8, 4) is 11.5 Å². The maximum atomic E-state index is 10.2. The van der Waals surface area contributed by atoms with Crippen molar-refractivity contribution in [3.63, 3.8) is 0 Å². The van der Waals surface area contributed by atoms with Crippen molar-refractivity contribution in [2.75, 3.05) is 7.11 Å². The number of benzene rings is 1. The van der Waals surface area contributed by atoms with E-state index in [0.29, 0.717) is 0 Å². The molecule has 0 aromatic heterocycles. The molecule has 0 fully saturated rings. The highest BCUT2D eigenvalue weighted by atomic mass is 16.6. The number of methoxy groups -OCH3 is 1. The Morgan fingerprint density at radius 2 is 2.00 bits per heavy atom. The lowest BCUT2D eigenvalue weighted by Crippen LogP contribution is -1.89. The molecule has 0 radical (unpaired) electrons. The number of aromatic hydroxyl groups is 1. The number of nitro groups is 1. The second-order valence-corrected chi connectivity index (χ2v) is 2.11. The van der Waals surface area contributed by atoms with Crippen molar-refractivity contribution < 1.29 is 14.8 Å². The van der Waals surface area contributed by atoms with Gasteiger partial charge in [0.05, 0.1) is 18.1 Å². The average molecular weight is 199 g/mol. The summed E-state index contributed by atoms with van der Waals surface area (Å²) in [6.07, 6.45) is 0. The lowest BCUT2D eigenvalue weighted by atomic mass is 10.3. The van der Waals surface area contributed by atoms with E-state index in [0.717, 1.165) is 6.07 Å². The Morgan fingerprint density at radius 1 is 1.43 bits per heavy atom. The van der Waals surface area contributed by atoms with Crippen LogP contribution in [0, 0.1) is 10.1 Å². The number of phenols is 1. The molecule has 0 unspecified atom stereocenters. The molecule has 0 amide bonds. The molecule has 1 aromatic carbocycles. The van der Waals surface area contributed by atoms with E-state index in [-0.39, 0.29) is 17.2 Å². The van der Waals surface area contributed by atoms with Gasteiger partial charge < -0.3 is 9.84 Å². The first-order valence-corrected chi connectivity index (χ1v) is 4.16. The zero-order valence-corrected chi connectivity index (χ0v) is 8.35. The molecular formula is C9H13NO4. The standard InChI is InChI=1S/C7H7NO4.C2H6/c1-12-7-4-5(8(10)11)2-3-6(7)9;1-2/h2-4,9H,1H3;1-2H3. The summed E-state index contributed by atoms with van der Waals surface area (Å²) in [5, 5.41) is 19.3. The van der Waals surface area contributed by atoms with Crippen LogP contribution >= 0.6 is 0 Å². The summed E-state index contributed by atoms with van der Waals surface area (Å²) < 4.78 is 4.68. The second kappa shape index (κ2) is 5.80. The number of nitrogens with zero attached hydrogens (tertiary/aromatic N) is 1. The lowest BCUT2D eigenvalue weighted by Gasteiger charge is -2.00. The van der Waals surface area contributed by atoms with E-state index in [4.69, 9.17) is 5.11 Å². The first-order chi connectivity index (χ1) is 6.65. The highest BCUT2D eigenvalue weighted by molar-refractivity contribution is 5.47. The highest BCUT2D eigenvalue weighted by Gasteiger charge is 2.09. The quantitative estimate of drug-likeness (QED) is 0.586. The summed E-state index contributed by atoms with van der Waals surface area (Å²) in [5.41, 5.74) is -0.107. The maximum absolute atomic E-state index is 10.2. The number of nitro benzene ring substituents is 1. The molecule has 1 rings (SSSR count). The fourth-order valence-electron chi connectivity index (χ4n) is 0.780. The molecule has 0 aliphatic carbocycles. The molecular weight excluding hydrogens is 186 g/mol. The molecule has 1 aromatic rings. The van der Waals surface area contributed by atoms with Crippen molar-refractivity contribution in [2.45, 2.75) is 13.8 Å². The Kier molecular flexibility index (Phi) is 5.06. The Hall–Kier alpha value is -1.78. The molecule has 14 heavy (non-hydrogen) atoms. The van der Waals surface area contributed by atoms with Gasteiger partial charge >= 0.3 is 0 Å². The van der Waals surface area contributed by atoms with Gasteiger partial charge in [-0.15, -0.1) is 0 Å². The van der Waals surface area contributed by atoms with Crippen LogP contribution in [-0.4, -0.2) is 17.1 Å². The van der Waals surface area contributed by atoms with Crippen LogP contribution in [0.5, 0.6) is 11.5 Å². The molecule has 0 atom stereocenters. The Bertz CT molecular complexity index is 312. The zero-order chi connectivity index (χ0) is 11.1. The summed E-state index contributed by atoms with van der Waals surface area (Å²) in [5.74, 6) is -0.00713. The monoisotopic (exact) mass is 199 g/mol. The number of rotatable bonds is 2. The van der Waals surface area contributed by atoms with Gasteiger partial charge in [0.2, 0.25) is 0 Å². The second-order valence-electron chi connectivity index (χ2n) is 2.11. The first-order valence-electron chi connectivity index (χ1n) is 4.16. The van der Waals surface area contributed by atoms with E-state index >= 15 is 0 Å². The van der Waals surface area contributed by atoms with E-state index in [1.807, 2.05) is 13.8 Å². The number of non-ortho nitro benzene ring substituents is 1. The van der Waals surface area contributed by atoms with Crippen molar-refractivity contribution >= 4 is 5.69 Å². The van der Waals surface area contributed by atoms with Crippen molar-refractivity contribution in [2.24, 2.45) is 0 Å². The minimum atomic E-state index is -0.554. The summed E-state index contributed by atoms with van der Waals surface area (Å²) in [6, 6.07) is 3.59. The number of ether oxygens (including phenoxy) is 1. The maximum Gasteiger partial charge on any atom is 0.273 e. The number of phenolic OH excluding ortho intramolecular Hbond substituents is 1. The zero-order valence-electron chi connectivity index (χ0n) is 8.35. The Balaban J connectivity index is 0.000000791. The third kappa shape index (κ3) is 2.93. The fourth-order valence-corrected chi connectivity index (χ4v) is 0.780. The topological polar surface area (TPSA) is 72.6 Å². The summed E-state index contributed by atoms with van der Waals surface area (Å²) in [6.45, 7) is 4.00. The third-order valence-corrected chi connectivity index (χ3v) is 1.37. The highest BCUT2D eigenvalue weighted by Crippen LogP contribution is 2.29. The van der Waals surface area contributed by atoms with Crippen LogP contribution in [-0.2, 0) is 0 Å². The summed E-state index contributed by atoms with van der Waals surface area (Å²) >= 11 is 0. The largest absolute Gasteiger partial charge is 0.504 e. The fraction of sp³-hybridized carbons (Fsp3) is 0.333. The van der Waals surface area contributed by atoms with Gasteiger partial charge in [-0.1, -0.05) is 13.8 Å². The lowest BCUT2D eigenvalue weighted by molar-refractivity contribution is -0.385. The van der Waals surface area contributed by atoms with Crippen molar-refractivity contribution in [1.29, 1.82) is 0 Å². The smallest absolute Gasteiger partial charge is 0.273 e. The summed E-state index contributed by atoms with van der Waals surface area (Å²) in [7, 11) is 1.33. The van der Waals surface area contributed by atoms with Gasteiger partial charge in [-0.05, 0) is 6.07 Å². The van der Waals surface area contributed by atoms with Gasteiger partial charge in [-0.25, -0.2) is 0 Å². The van der Waals surface area contributed by atoms with Gasteiger partial charge in [0, 0.05) is 6.07 Å². The first kappa shape index (κ1) is 12.2. The van der Waals surface area contributed by atoms with E-state index < -0.39 is 4.92 Å². The predicted octanol–water partition coefficient (Wildman–Crippen LogP) is 2.34. The molecule has 0 heterocycles. The van der Waals surface area contributed by atoms with Gasteiger partial charge in [-0.2, -0.15) is 0 Å². The normalized spacial score (nSPS) is 8.50. The van der Waals surface area contributed by atoms with Gasteiger partial charge in [0.1, 0.15) is 0 Å². The minimum Gasteiger partial charge on any atom is -0.504 e. The molecule has 0 bridgehead atoms. The van der Waals surface area contributed by atoms with E-state index in [2.05, 4.69) is 4.74 Å². The van der Waals surface area contributed by atoms with Gasteiger partial charge in [0.25, 0.3) is 5.69 Å². The van der Waals surface area contributed by atoms with Crippen LogP contribution in [0.1, 0.15) is 13.8 Å². The molecule has 5 heteroatoms. The van der Waals surface area contributed by atoms with Crippen LogP contribution in [0.4, 0.5) is 5.69 Å².